The summed E-state index contributed by atoms with van der Waals surface area (Å²) >= 11 is 1.72. The highest BCUT2D eigenvalue weighted by molar-refractivity contribution is 7.09. The molecule has 1 aromatic heterocycles. The van der Waals surface area contributed by atoms with Crippen LogP contribution >= 0.6 is 11.3 Å². The lowest BCUT2D eigenvalue weighted by atomic mass is 9.99. The molecule has 0 aromatic carbocycles. The Morgan fingerprint density at radius 3 is 3.00 bits per heavy atom. The van der Waals surface area contributed by atoms with Crippen LogP contribution in [0.25, 0.3) is 0 Å². The van der Waals surface area contributed by atoms with E-state index < -0.39 is 0 Å². The van der Waals surface area contributed by atoms with E-state index in [9.17, 15) is 0 Å². The Morgan fingerprint density at radius 2 is 2.47 bits per heavy atom. The maximum absolute atomic E-state index is 5.17. The van der Waals surface area contributed by atoms with Crippen molar-refractivity contribution in [1.29, 1.82) is 0 Å². The standard InChI is InChI=1S/C11H18N2OS/c1-11(5-7-14-2,13-9-3-4-9)10-12-6-8-15-10/h6,8-9,13H,3-5,7H2,1-2H3. The van der Waals surface area contributed by atoms with Crippen LogP contribution in [0, 0.1) is 0 Å². The smallest absolute Gasteiger partial charge is 0.112 e. The van der Waals surface area contributed by atoms with E-state index in [-0.39, 0.29) is 5.54 Å². The van der Waals surface area contributed by atoms with Crippen molar-refractivity contribution in [2.24, 2.45) is 0 Å². The van der Waals surface area contributed by atoms with E-state index in [0.29, 0.717) is 6.04 Å². The van der Waals surface area contributed by atoms with E-state index in [4.69, 9.17) is 4.74 Å². The highest BCUT2D eigenvalue weighted by atomic mass is 32.1. The molecule has 3 nitrogen and oxygen atoms in total. The van der Waals surface area contributed by atoms with Gasteiger partial charge in [0.05, 0.1) is 5.54 Å². The molecule has 15 heavy (non-hydrogen) atoms. The van der Waals surface area contributed by atoms with Gasteiger partial charge in [-0.25, -0.2) is 4.98 Å². The molecule has 0 spiro atoms. The lowest BCUT2D eigenvalue weighted by molar-refractivity contribution is 0.158. The monoisotopic (exact) mass is 226 g/mol. The van der Waals surface area contributed by atoms with Gasteiger partial charge in [0.25, 0.3) is 0 Å². The quantitative estimate of drug-likeness (QED) is 0.807. The number of thiazole rings is 1. The van der Waals surface area contributed by atoms with Gasteiger partial charge in [0.1, 0.15) is 5.01 Å². The third-order valence-electron chi connectivity index (χ3n) is 2.81. The number of nitrogens with one attached hydrogen (secondary N) is 1. The summed E-state index contributed by atoms with van der Waals surface area (Å²) in [5.41, 5.74) is -0.00859. The molecular weight excluding hydrogens is 208 g/mol. The van der Waals surface area contributed by atoms with Crippen molar-refractivity contribution >= 4 is 11.3 Å². The minimum atomic E-state index is -0.00859. The molecule has 0 saturated heterocycles. The predicted octanol–water partition coefficient (Wildman–Crippen LogP) is 2.15. The topological polar surface area (TPSA) is 34.1 Å². The zero-order valence-electron chi connectivity index (χ0n) is 9.32. The number of hydrogen-bond acceptors (Lipinski definition) is 4. The molecule has 0 radical (unpaired) electrons. The fourth-order valence-corrected chi connectivity index (χ4v) is 2.51. The van der Waals surface area contributed by atoms with Crippen LogP contribution in [-0.2, 0) is 10.3 Å². The first kappa shape index (κ1) is 11.0. The predicted molar refractivity (Wildman–Crippen MR) is 62.1 cm³/mol. The van der Waals surface area contributed by atoms with E-state index >= 15 is 0 Å². The lowest BCUT2D eigenvalue weighted by Gasteiger charge is -2.28. The third kappa shape index (κ3) is 2.77. The summed E-state index contributed by atoms with van der Waals surface area (Å²) in [7, 11) is 1.75. The van der Waals surface area contributed by atoms with Crippen LogP contribution in [0.5, 0.6) is 0 Å². The highest BCUT2D eigenvalue weighted by Gasteiger charge is 2.35. The normalized spacial score (nSPS) is 20.1. The molecule has 2 rings (SSSR count). The zero-order valence-corrected chi connectivity index (χ0v) is 10.1. The summed E-state index contributed by atoms with van der Waals surface area (Å²) in [5, 5.41) is 6.88. The van der Waals surface area contributed by atoms with Crippen molar-refractivity contribution in [3.8, 4) is 0 Å². The SMILES string of the molecule is COCCC(C)(NC1CC1)c1nccs1. The van der Waals surface area contributed by atoms with Gasteiger partial charge in [0.15, 0.2) is 0 Å². The van der Waals surface area contributed by atoms with Gasteiger partial charge in [-0.2, -0.15) is 0 Å². The fourth-order valence-electron chi connectivity index (χ4n) is 1.72. The maximum atomic E-state index is 5.17. The van der Waals surface area contributed by atoms with Crippen LogP contribution in [-0.4, -0.2) is 24.7 Å². The Bertz CT molecular complexity index is 298. The molecule has 1 saturated carbocycles. The van der Waals surface area contributed by atoms with Crippen LogP contribution < -0.4 is 5.32 Å². The molecule has 4 heteroatoms. The molecule has 1 N–H and O–H groups in total. The third-order valence-corrected chi connectivity index (χ3v) is 3.85. The van der Waals surface area contributed by atoms with Gasteiger partial charge in [-0.05, 0) is 26.2 Å². The number of ether oxygens (including phenoxy) is 1. The molecule has 84 valence electrons. The van der Waals surface area contributed by atoms with Crippen LogP contribution in [0.4, 0.5) is 0 Å². The van der Waals surface area contributed by atoms with E-state index in [2.05, 4.69) is 17.2 Å². The Balaban J connectivity index is 2.06. The maximum Gasteiger partial charge on any atom is 0.112 e. The van der Waals surface area contributed by atoms with Gasteiger partial charge < -0.3 is 10.1 Å². The van der Waals surface area contributed by atoms with Gasteiger partial charge in [0, 0.05) is 31.3 Å². The van der Waals surface area contributed by atoms with E-state index in [1.54, 1.807) is 18.4 Å². The van der Waals surface area contributed by atoms with E-state index in [1.165, 1.54) is 17.8 Å². The summed E-state index contributed by atoms with van der Waals surface area (Å²) in [6.45, 7) is 3.00. The van der Waals surface area contributed by atoms with Crippen molar-refractivity contribution < 1.29 is 4.74 Å². The molecule has 1 aromatic rings. The molecule has 1 unspecified atom stereocenters. The second kappa shape index (κ2) is 4.60. The first-order valence-corrected chi connectivity index (χ1v) is 6.29. The molecule has 1 aliphatic carbocycles. The average Bonchev–Trinajstić information content (AvgIpc) is 2.87. The largest absolute Gasteiger partial charge is 0.385 e. The Labute approximate surface area is 94.9 Å². The summed E-state index contributed by atoms with van der Waals surface area (Å²) in [5.74, 6) is 0. The molecule has 0 amide bonds. The number of methoxy groups -OCH3 is 1. The van der Waals surface area contributed by atoms with Crippen molar-refractivity contribution in [3.05, 3.63) is 16.6 Å². The Morgan fingerprint density at radius 1 is 1.67 bits per heavy atom. The first-order chi connectivity index (χ1) is 7.24. The Kier molecular flexibility index (Phi) is 3.38. The summed E-state index contributed by atoms with van der Waals surface area (Å²) < 4.78 is 5.17. The first-order valence-electron chi connectivity index (χ1n) is 5.41. The van der Waals surface area contributed by atoms with Gasteiger partial charge in [-0.15, -0.1) is 11.3 Å². The minimum Gasteiger partial charge on any atom is -0.385 e. The lowest BCUT2D eigenvalue weighted by Crippen LogP contribution is -2.41. The van der Waals surface area contributed by atoms with Gasteiger partial charge >= 0.3 is 0 Å². The molecular formula is C11H18N2OS. The van der Waals surface area contributed by atoms with Crippen LogP contribution in [0.1, 0.15) is 31.2 Å². The number of nitrogens with zero attached hydrogens (tertiary/aromatic N) is 1. The molecule has 1 heterocycles. The number of aromatic nitrogens is 1. The van der Waals surface area contributed by atoms with Crippen molar-refractivity contribution in [3.63, 3.8) is 0 Å². The van der Waals surface area contributed by atoms with Crippen molar-refractivity contribution in [1.82, 2.24) is 10.3 Å². The van der Waals surface area contributed by atoms with E-state index in [1.807, 2.05) is 11.6 Å². The summed E-state index contributed by atoms with van der Waals surface area (Å²) in [6.07, 6.45) is 5.45. The van der Waals surface area contributed by atoms with Gasteiger partial charge in [0.2, 0.25) is 0 Å². The van der Waals surface area contributed by atoms with Crippen molar-refractivity contribution in [2.45, 2.75) is 37.8 Å². The highest BCUT2D eigenvalue weighted by Crippen LogP contribution is 2.31. The molecule has 0 bridgehead atoms. The fraction of sp³-hybridized carbons (Fsp3) is 0.727. The van der Waals surface area contributed by atoms with Crippen LogP contribution in [0.15, 0.2) is 11.6 Å². The zero-order chi connectivity index (χ0) is 10.7. The average molecular weight is 226 g/mol. The van der Waals surface area contributed by atoms with Gasteiger partial charge in [-0.3, -0.25) is 0 Å². The van der Waals surface area contributed by atoms with Gasteiger partial charge in [-0.1, -0.05) is 0 Å². The molecule has 1 fully saturated rings. The van der Waals surface area contributed by atoms with E-state index in [0.717, 1.165) is 13.0 Å². The minimum absolute atomic E-state index is 0.00859. The second-order valence-corrected chi connectivity index (χ2v) is 5.23. The molecule has 0 aliphatic heterocycles. The molecule has 1 aliphatic rings. The van der Waals surface area contributed by atoms with Crippen LogP contribution in [0.3, 0.4) is 0 Å². The molecule has 1 atom stereocenters. The summed E-state index contributed by atoms with van der Waals surface area (Å²) in [6, 6.07) is 0.691. The van der Waals surface area contributed by atoms with Crippen LogP contribution in [0.2, 0.25) is 0 Å². The van der Waals surface area contributed by atoms with Crippen molar-refractivity contribution in [2.75, 3.05) is 13.7 Å². The number of hydrogen-bond donors (Lipinski definition) is 1. The second-order valence-electron chi connectivity index (χ2n) is 4.33. The Hall–Kier alpha value is -0.450. The summed E-state index contributed by atoms with van der Waals surface area (Å²) in [4.78, 5) is 4.42. The number of rotatable bonds is 6.